The summed E-state index contributed by atoms with van der Waals surface area (Å²) >= 11 is 3.36. The standard InChI is InChI=1S/C12H16BrNO2/c1-9(8-15)14-12(16)7-4-10-2-5-11(13)6-3-10/h2-3,5-6,9,15H,4,7-8H2,1H3,(H,14,16). The quantitative estimate of drug-likeness (QED) is 0.868. The van der Waals surface area contributed by atoms with Crippen LogP contribution >= 0.6 is 15.9 Å². The van der Waals surface area contributed by atoms with E-state index < -0.39 is 0 Å². The first-order chi connectivity index (χ1) is 7.61. The van der Waals surface area contributed by atoms with Crippen molar-refractivity contribution in [3.8, 4) is 0 Å². The Morgan fingerprint density at radius 3 is 2.62 bits per heavy atom. The summed E-state index contributed by atoms with van der Waals surface area (Å²) in [5, 5.41) is 11.5. The van der Waals surface area contributed by atoms with Crippen molar-refractivity contribution < 1.29 is 9.90 Å². The Bertz CT molecular complexity index is 337. The highest BCUT2D eigenvalue weighted by atomic mass is 79.9. The maximum atomic E-state index is 11.4. The second kappa shape index (κ2) is 6.66. The Labute approximate surface area is 104 Å². The Morgan fingerprint density at radius 1 is 1.44 bits per heavy atom. The average Bonchev–Trinajstić information content (AvgIpc) is 2.28. The smallest absolute Gasteiger partial charge is 0.220 e. The number of nitrogens with one attached hydrogen (secondary N) is 1. The van der Waals surface area contributed by atoms with Gasteiger partial charge in [0, 0.05) is 16.9 Å². The number of hydrogen-bond acceptors (Lipinski definition) is 2. The molecule has 1 amide bonds. The zero-order valence-electron chi connectivity index (χ0n) is 9.24. The Balaban J connectivity index is 2.34. The molecule has 3 nitrogen and oxygen atoms in total. The van der Waals surface area contributed by atoms with Gasteiger partial charge in [-0.1, -0.05) is 28.1 Å². The van der Waals surface area contributed by atoms with Gasteiger partial charge in [-0.2, -0.15) is 0 Å². The van der Waals surface area contributed by atoms with Crippen molar-refractivity contribution in [2.24, 2.45) is 0 Å². The van der Waals surface area contributed by atoms with E-state index in [1.807, 2.05) is 24.3 Å². The third-order valence-corrected chi connectivity index (χ3v) is 2.76. The lowest BCUT2D eigenvalue weighted by atomic mass is 10.1. The lowest BCUT2D eigenvalue weighted by Gasteiger charge is -2.10. The summed E-state index contributed by atoms with van der Waals surface area (Å²) in [6.07, 6.45) is 1.17. The summed E-state index contributed by atoms with van der Waals surface area (Å²) in [5.41, 5.74) is 1.13. The van der Waals surface area contributed by atoms with Crippen molar-refractivity contribution in [3.05, 3.63) is 34.3 Å². The number of aryl methyl sites for hydroxylation is 1. The van der Waals surface area contributed by atoms with Crippen molar-refractivity contribution in [3.63, 3.8) is 0 Å². The molecule has 0 aliphatic carbocycles. The molecular weight excluding hydrogens is 270 g/mol. The van der Waals surface area contributed by atoms with Crippen molar-refractivity contribution in [2.45, 2.75) is 25.8 Å². The molecule has 88 valence electrons. The minimum atomic E-state index is -0.169. The Morgan fingerprint density at radius 2 is 2.06 bits per heavy atom. The normalized spacial score (nSPS) is 12.2. The van der Waals surface area contributed by atoms with Crippen LogP contribution in [0.3, 0.4) is 0 Å². The molecular formula is C12H16BrNO2. The number of benzene rings is 1. The third-order valence-electron chi connectivity index (χ3n) is 2.24. The fourth-order valence-corrected chi connectivity index (χ4v) is 1.57. The molecule has 1 unspecified atom stereocenters. The summed E-state index contributed by atoms with van der Waals surface area (Å²) in [6.45, 7) is 1.75. The van der Waals surface area contributed by atoms with Crippen LogP contribution < -0.4 is 5.32 Å². The second-order valence-electron chi connectivity index (χ2n) is 3.78. The van der Waals surface area contributed by atoms with Crippen molar-refractivity contribution >= 4 is 21.8 Å². The van der Waals surface area contributed by atoms with Crippen LogP contribution in [0.25, 0.3) is 0 Å². The molecule has 1 aromatic carbocycles. The number of halogens is 1. The van der Waals surface area contributed by atoms with E-state index in [1.165, 1.54) is 0 Å². The summed E-state index contributed by atoms with van der Waals surface area (Å²) < 4.78 is 1.04. The van der Waals surface area contributed by atoms with Gasteiger partial charge in [0.2, 0.25) is 5.91 Å². The monoisotopic (exact) mass is 285 g/mol. The highest BCUT2D eigenvalue weighted by molar-refractivity contribution is 9.10. The van der Waals surface area contributed by atoms with Crippen LogP contribution in [0, 0.1) is 0 Å². The van der Waals surface area contributed by atoms with Gasteiger partial charge >= 0.3 is 0 Å². The molecule has 1 aromatic rings. The largest absolute Gasteiger partial charge is 0.394 e. The Hall–Kier alpha value is -0.870. The maximum absolute atomic E-state index is 11.4. The minimum Gasteiger partial charge on any atom is -0.394 e. The SMILES string of the molecule is CC(CO)NC(=O)CCc1ccc(Br)cc1. The molecule has 4 heteroatoms. The number of amides is 1. The topological polar surface area (TPSA) is 49.3 Å². The molecule has 0 fully saturated rings. The minimum absolute atomic E-state index is 0.0236. The number of carbonyl (C=O) groups excluding carboxylic acids is 1. The lowest BCUT2D eigenvalue weighted by molar-refractivity contribution is -0.121. The van der Waals surface area contributed by atoms with E-state index in [9.17, 15) is 4.79 Å². The number of aliphatic hydroxyl groups is 1. The molecule has 0 aliphatic rings. The molecule has 1 rings (SSSR count). The molecule has 0 aromatic heterocycles. The van der Waals surface area contributed by atoms with Gasteiger partial charge in [-0.15, -0.1) is 0 Å². The van der Waals surface area contributed by atoms with Crippen LogP contribution in [0.15, 0.2) is 28.7 Å². The fraction of sp³-hybridized carbons (Fsp3) is 0.417. The molecule has 2 N–H and O–H groups in total. The van der Waals surface area contributed by atoms with Crippen molar-refractivity contribution in [1.29, 1.82) is 0 Å². The van der Waals surface area contributed by atoms with E-state index in [0.29, 0.717) is 6.42 Å². The highest BCUT2D eigenvalue weighted by Crippen LogP contribution is 2.11. The molecule has 0 radical (unpaired) electrons. The third kappa shape index (κ3) is 4.77. The molecule has 0 saturated heterocycles. The van der Waals surface area contributed by atoms with Gasteiger partial charge < -0.3 is 10.4 Å². The maximum Gasteiger partial charge on any atom is 0.220 e. The molecule has 0 bridgehead atoms. The molecule has 16 heavy (non-hydrogen) atoms. The first kappa shape index (κ1) is 13.2. The molecule has 0 aliphatic heterocycles. The van der Waals surface area contributed by atoms with E-state index in [0.717, 1.165) is 16.5 Å². The first-order valence-electron chi connectivity index (χ1n) is 5.26. The van der Waals surface area contributed by atoms with Crippen molar-refractivity contribution in [1.82, 2.24) is 5.32 Å². The number of carbonyl (C=O) groups is 1. The lowest BCUT2D eigenvalue weighted by Crippen LogP contribution is -2.35. The number of aliphatic hydroxyl groups excluding tert-OH is 1. The molecule has 0 spiro atoms. The van der Waals surface area contributed by atoms with E-state index in [-0.39, 0.29) is 18.6 Å². The number of rotatable bonds is 5. The van der Waals surface area contributed by atoms with Gasteiger partial charge in [0.05, 0.1) is 6.61 Å². The van der Waals surface area contributed by atoms with Crippen LogP contribution in [-0.4, -0.2) is 23.7 Å². The van der Waals surface area contributed by atoms with Gasteiger partial charge in [0.15, 0.2) is 0 Å². The summed E-state index contributed by atoms with van der Waals surface area (Å²) in [5.74, 6) is -0.0236. The molecule has 1 atom stereocenters. The Kier molecular flexibility index (Phi) is 5.49. The van der Waals surface area contributed by atoms with Crippen LogP contribution in [0.5, 0.6) is 0 Å². The van der Waals surface area contributed by atoms with Crippen LogP contribution in [0.1, 0.15) is 18.9 Å². The summed E-state index contributed by atoms with van der Waals surface area (Å²) in [4.78, 5) is 11.4. The molecule has 0 heterocycles. The van der Waals surface area contributed by atoms with E-state index in [4.69, 9.17) is 5.11 Å². The zero-order chi connectivity index (χ0) is 12.0. The van der Waals surface area contributed by atoms with Crippen molar-refractivity contribution in [2.75, 3.05) is 6.61 Å². The first-order valence-corrected chi connectivity index (χ1v) is 6.06. The zero-order valence-corrected chi connectivity index (χ0v) is 10.8. The van der Waals surface area contributed by atoms with Crippen LogP contribution in [0.4, 0.5) is 0 Å². The van der Waals surface area contributed by atoms with E-state index >= 15 is 0 Å². The summed E-state index contributed by atoms with van der Waals surface area (Å²) in [6, 6.07) is 7.74. The van der Waals surface area contributed by atoms with Gasteiger partial charge in [-0.05, 0) is 31.0 Å². The fourth-order valence-electron chi connectivity index (χ4n) is 1.30. The van der Waals surface area contributed by atoms with Gasteiger partial charge in [0.25, 0.3) is 0 Å². The van der Waals surface area contributed by atoms with Crippen LogP contribution in [-0.2, 0) is 11.2 Å². The van der Waals surface area contributed by atoms with Gasteiger partial charge in [-0.25, -0.2) is 0 Å². The van der Waals surface area contributed by atoms with Gasteiger partial charge in [-0.3, -0.25) is 4.79 Å². The number of hydrogen-bond donors (Lipinski definition) is 2. The van der Waals surface area contributed by atoms with Crippen LogP contribution in [0.2, 0.25) is 0 Å². The predicted octanol–water partition coefficient (Wildman–Crippen LogP) is 1.88. The van der Waals surface area contributed by atoms with E-state index in [2.05, 4.69) is 21.2 Å². The second-order valence-corrected chi connectivity index (χ2v) is 4.69. The predicted molar refractivity (Wildman–Crippen MR) is 67.2 cm³/mol. The molecule has 0 saturated carbocycles. The highest BCUT2D eigenvalue weighted by Gasteiger charge is 2.05. The average molecular weight is 286 g/mol. The van der Waals surface area contributed by atoms with Gasteiger partial charge in [0.1, 0.15) is 0 Å². The van der Waals surface area contributed by atoms with E-state index in [1.54, 1.807) is 6.92 Å². The summed E-state index contributed by atoms with van der Waals surface area (Å²) in [7, 11) is 0.